The Labute approximate surface area is 141 Å². The largest absolute Gasteiger partial charge is 0.462 e. The molecule has 1 N–H and O–H groups in total. The Hall–Kier alpha value is -0.590. The topological polar surface area (TPSA) is 41.3 Å². The van der Waals surface area contributed by atoms with E-state index in [1.54, 1.807) is 17.6 Å². The van der Waals surface area contributed by atoms with Crippen LogP contribution >= 0.6 is 36.2 Å². The van der Waals surface area contributed by atoms with Crippen LogP contribution in [0, 0.1) is 0 Å². The van der Waals surface area contributed by atoms with Crippen LogP contribution < -0.4 is 5.32 Å². The first-order chi connectivity index (χ1) is 9.33. The van der Waals surface area contributed by atoms with Crippen LogP contribution in [0.25, 0.3) is 10.8 Å². The van der Waals surface area contributed by atoms with Crippen LogP contribution in [0.1, 0.15) is 18.5 Å². The predicted octanol–water partition coefficient (Wildman–Crippen LogP) is 3.43. The van der Waals surface area contributed by atoms with Gasteiger partial charge in [0.1, 0.15) is 0 Å². The number of hydrogen-bond acceptors (Lipinski definition) is 5. The summed E-state index contributed by atoms with van der Waals surface area (Å²) in [4.78, 5) is 7.07. The lowest BCUT2D eigenvalue weighted by Crippen LogP contribution is -2.40. The fourth-order valence-corrected chi connectivity index (χ4v) is 3.30. The molecule has 0 bridgehead atoms. The third kappa shape index (κ3) is 4.69. The van der Waals surface area contributed by atoms with Gasteiger partial charge in [0.25, 0.3) is 0 Å². The molecule has 0 spiro atoms. The average molecular weight is 350 g/mol. The minimum Gasteiger partial charge on any atom is -0.462 e. The third-order valence-corrected chi connectivity index (χ3v) is 4.53. The Morgan fingerprint density at radius 2 is 2.14 bits per heavy atom. The number of rotatable bonds is 4. The van der Waals surface area contributed by atoms with Gasteiger partial charge in [-0.1, -0.05) is 0 Å². The van der Waals surface area contributed by atoms with Crippen LogP contribution in [0.3, 0.4) is 0 Å². The maximum atomic E-state index is 5.38. The molecule has 7 heteroatoms. The highest BCUT2D eigenvalue weighted by atomic mass is 35.5. The van der Waals surface area contributed by atoms with Gasteiger partial charge >= 0.3 is 0 Å². The van der Waals surface area contributed by atoms with Crippen molar-refractivity contribution in [2.24, 2.45) is 0 Å². The third-order valence-electron chi connectivity index (χ3n) is 3.63. The molecule has 4 nitrogen and oxygen atoms in total. The van der Waals surface area contributed by atoms with Gasteiger partial charge in [0.15, 0.2) is 10.8 Å². The lowest BCUT2D eigenvalue weighted by Gasteiger charge is -2.31. The van der Waals surface area contributed by atoms with E-state index in [4.69, 9.17) is 4.42 Å². The van der Waals surface area contributed by atoms with Gasteiger partial charge in [-0.15, -0.1) is 36.2 Å². The SMILES string of the molecule is CN(Cc1csc(-c2ccco2)n1)C1CCNCC1.Cl.Cl. The van der Waals surface area contributed by atoms with Crippen molar-refractivity contribution in [3.8, 4) is 10.8 Å². The highest BCUT2D eigenvalue weighted by Gasteiger charge is 2.18. The molecule has 0 amide bonds. The van der Waals surface area contributed by atoms with Crippen molar-refractivity contribution in [1.29, 1.82) is 0 Å². The maximum Gasteiger partial charge on any atom is 0.162 e. The molecule has 0 saturated carbocycles. The molecule has 21 heavy (non-hydrogen) atoms. The number of aromatic nitrogens is 1. The Balaban J connectivity index is 0.00000110. The molecule has 2 aromatic heterocycles. The summed E-state index contributed by atoms with van der Waals surface area (Å²) < 4.78 is 5.38. The Morgan fingerprint density at radius 3 is 2.81 bits per heavy atom. The molecule has 1 aliphatic heterocycles. The van der Waals surface area contributed by atoms with Gasteiger partial charge in [-0.3, -0.25) is 4.90 Å². The zero-order valence-corrected chi connectivity index (χ0v) is 14.4. The second-order valence-corrected chi connectivity index (χ2v) is 5.88. The first-order valence-corrected chi connectivity index (χ1v) is 7.60. The van der Waals surface area contributed by atoms with Crippen LogP contribution in [0.5, 0.6) is 0 Å². The minimum absolute atomic E-state index is 0. The molecule has 0 unspecified atom stereocenters. The van der Waals surface area contributed by atoms with Crippen molar-refractivity contribution in [1.82, 2.24) is 15.2 Å². The monoisotopic (exact) mass is 349 g/mol. The first kappa shape index (κ1) is 18.5. The Bertz CT molecular complexity index is 512. The van der Waals surface area contributed by atoms with Gasteiger partial charge in [-0.05, 0) is 45.1 Å². The lowest BCUT2D eigenvalue weighted by molar-refractivity contribution is 0.190. The van der Waals surface area contributed by atoms with Crippen molar-refractivity contribution < 1.29 is 4.42 Å². The molecule has 1 saturated heterocycles. The van der Waals surface area contributed by atoms with E-state index in [-0.39, 0.29) is 24.8 Å². The van der Waals surface area contributed by atoms with Gasteiger partial charge < -0.3 is 9.73 Å². The Kier molecular flexibility index (Phi) is 7.70. The highest BCUT2D eigenvalue weighted by Crippen LogP contribution is 2.25. The summed E-state index contributed by atoms with van der Waals surface area (Å²) in [5.41, 5.74) is 1.14. The first-order valence-electron chi connectivity index (χ1n) is 6.72. The molecule has 3 heterocycles. The van der Waals surface area contributed by atoms with E-state index < -0.39 is 0 Å². The number of nitrogens with zero attached hydrogens (tertiary/aromatic N) is 2. The maximum absolute atomic E-state index is 5.38. The van der Waals surface area contributed by atoms with E-state index in [2.05, 4.69) is 27.6 Å². The molecule has 3 rings (SSSR count). The normalized spacial score (nSPS) is 15.5. The second kappa shape index (κ2) is 8.76. The van der Waals surface area contributed by atoms with Gasteiger partial charge in [0, 0.05) is 18.0 Å². The summed E-state index contributed by atoms with van der Waals surface area (Å²) in [6.07, 6.45) is 4.15. The fourth-order valence-electron chi connectivity index (χ4n) is 2.53. The van der Waals surface area contributed by atoms with Crippen molar-refractivity contribution in [2.75, 3.05) is 20.1 Å². The van der Waals surface area contributed by atoms with Crippen molar-refractivity contribution in [2.45, 2.75) is 25.4 Å². The molecule has 0 radical (unpaired) electrons. The van der Waals surface area contributed by atoms with Crippen LogP contribution in [-0.2, 0) is 6.54 Å². The molecular formula is C14H21Cl2N3OS. The summed E-state index contributed by atoms with van der Waals surface area (Å²) in [7, 11) is 2.20. The molecule has 2 aromatic rings. The van der Waals surface area contributed by atoms with E-state index in [1.807, 2.05) is 12.1 Å². The van der Waals surface area contributed by atoms with Crippen LogP contribution in [-0.4, -0.2) is 36.1 Å². The van der Waals surface area contributed by atoms with Crippen LogP contribution in [0.2, 0.25) is 0 Å². The highest BCUT2D eigenvalue weighted by molar-refractivity contribution is 7.13. The fraction of sp³-hybridized carbons (Fsp3) is 0.500. The summed E-state index contributed by atoms with van der Waals surface area (Å²) in [6, 6.07) is 4.53. The van der Waals surface area contributed by atoms with Crippen molar-refractivity contribution >= 4 is 36.2 Å². The average Bonchev–Trinajstić information content (AvgIpc) is 3.10. The standard InChI is InChI=1S/C14H19N3OS.2ClH/c1-17(12-4-6-15-7-5-12)9-11-10-19-14(16-11)13-3-2-8-18-13;;/h2-3,8,10,12,15H,4-7,9H2,1H3;2*1H. The summed E-state index contributed by atoms with van der Waals surface area (Å²) >= 11 is 1.65. The van der Waals surface area contributed by atoms with Gasteiger partial charge in [-0.25, -0.2) is 4.98 Å². The molecular weight excluding hydrogens is 329 g/mol. The van der Waals surface area contributed by atoms with Gasteiger partial charge in [-0.2, -0.15) is 0 Å². The second-order valence-electron chi connectivity index (χ2n) is 5.02. The molecule has 1 aliphatic rings. The number of piperidine rings is 1. The minimum atomic E-state index is 0. The zero-order valence-electron chi connectivity index (χ0n) is 11.9. The molecule has 1 fully saturated rings. The number of halogens is 2. The Morgan fingerprint density at radius 1 is 1.38 bits per heavy atom. The number of furan rings is 1. The smallest absolute Gasteiger partial charge is 0.162 e. The van der Waals surface area contributed by atoms with Crippen molar-refractivity contribution in [3.63, 3.8) is 0 Å². The zero-order chi connectivity index (χ0) is 13.1. The van der Waals surface area contributed by atoms with Gasteiger partial charge in [0.2, 0.25) is 0 Å². The van der Waals surface area contributed by atoms with E-state index in [1.165, 1.54) is 12.8 Å². The summed E-state index contributed by atoms with van der Waals surface area (Å²) in [5.74, 6) is 0.862. The summed E-state index contributed by atoms with van der Waals surface area (Å²) in [6.45, 7) is 3.18. The van der Waals surface area contributed by atoms with Crippen LogP contribution in [0.15, 0.2) is 28.2 Å². The van der Waals surface area contributed by atoms with E-state index in [0.717, 1.165) is 36.1 Å². The van der Waals surface area contributed by atoms with E-state index >= 15 is 0 Å². The number of hydrogen-bond donors (Lipinski definition) is 1. The van der Waals surface area contributed by atoms with Gasteiger partial charge in [0.05, 0.1) is 12.0 Å². The molecule has 118 valence electrons. The number of nitrogens with one attached hydrogen (secondary N) is 1. The quantitative estimate of drug-likeness (QED) is 0.917. The molecule has 0 atom stereocenters. The van der Waals surface area contributed by atoms with E-state index in [0.29, 0.717) is 6.04 Å². The van der Waals surface area contributed by atoms with Crippen molar-refractivity contribution in [3.05, 3.63) is 29.5 Å². The predicted molar refractivity (Wildman–Crippen MR) is 91.7 cm³/mol. The van der Waals surface area contributed by atoms with Crippen LogP contribution in [0.4, 0.5) is 0 Å². The molecule has 0 aromatic carbocycles. The number of thiazole rings is 1. The molecule has 0 aliphatic carbocycles. The summed E-state index contributed by atoms with van der Waals surface area (Å²) in [5, 5.41) is 6.51. The van der Waals surface area contributed by atoms with E-state index in [9.17, 15) is 0 Å². The lowest BCUT2D eigenvalue weighted by atomic mass is 10.1.